The zero-order valence-corrected chi connectivity index (χ0v) is 6.35. The summed E-state index contributed by atoms with van der Waals surface area (Å²) < 4.78 is 0. The van der Waals surface area contributed by atoms with E-state index in [0.29, 0.717) is 12.1 Å². The lowest BCUT2D eigenvalue weighted by Crippen LogP contribution is -2.25. The normalized spacial score (nSPS) is 10.0. The number of hydrazine groups is 1. The monoisotopic (exact) mass is 153 g/mol. The molecule has 0 radical (unpaired) electrons. The minimum absolute atomic E-state index is 0.0131. The molecule has 1 aromatic heterocycles. The number of nitrogens with two attached hydrogens (primary N) is 1. The van der Waals surface area contributed by atoms with Gasteiger partial charge in [-0.05, 0) is 6.92 Å². The zero-order chi connectivity index (χ0) is 8.27. The maximum atomic E-state index is 11.1. The maximum Gasteiger partial charge on any atom is 0.186 e. The molecule has 60 valence electrons. The lowest BCUT2D eigenvalue weighted by Gasteiger charge is -1.98. The van der Waals surface area contributed by atoms with Crippen LogP contribution in [0.15, 0.2) is 17.1 Å². The quantitative estimate of drug-likeness (QED) is 0.401. The van der Waals surface area contributed by atoms with Crippen LogP contribution in [0.25, 0.3) is 0 Å². The Labute approximate surface area is 64.4 Å². The van der Waals surface area contributed by atoms with E-state index in [2.05, 4.69) is 10.4 Å². The molecule has 0 aliphatic rings. The maximum absolute atomic E-state index is 11.1. The van der Waals surface area contributed by atoms with Crippen molar-refractivity contribution >= 4 is 0 Å². The molecule has 0 aliphatic heterocycles. The number of aromatic nitrogens is 1. The first kappa shape index (κ1) is 7.97. The molecule has 1 rings (SSSR count). The van der Waals surface area contributed by atoms with Gasteiger partial charge in [0.05, 0.1) is 0 Å². The molecule has 0 amide bonds. The summed E-state index contributed by atoms with van der Waals surface area (Å²) in [7, 11) is 0. The van der Waals surface area contributed by atoms with E-state index in [1.165, 1.54) is 0 Å². The van der Waals surface area contributed by atoms with E-state index >= 15 is 0 Å². The van der Waals surface area contributed by atoms with Gasteiger partial charge >= 0.3 is 0 Å². The van der Waals surface area contributed by atoms with Crippen molar-refractivity contribution in [2.24, 2.45) is 5.84 Å². The molecule has 1 heterocycles. The van der Waals surface area contributed by atoms with Crippen LogP contribution in [0.1, 0.15) is 11.3 Å². The van der Waals surface area contributed by atoms with Crippen LogP contribution in [0.4, 0.5) is 0 Å². The number of aromatic amines is 1. The Kier molecular flexibility index (Phi) is 2.40. The van der Waals surface area contributed by atoms with Crippen molar-refractivity contribution in [2.45, 2.75) is 13.5 Å². The number of aryl methyl sites for hydroxylation is 1. The molecule has 0 saturated heterocycles. The molecule has 0 saturated carbocycles. The summed E-state index contributed by atoms with van der Waals surface area (Å²) in [5.74, 6) is 5.06. The number of hydrogen-bond donors (Lipinski definition) is 3. The number of pyridine rings is 1. The van der Waals surface area contributed by atoms with Gasteiger partial charge in [0.25, 0.3) is 0 Å². The fourth-order valence-electron chi connectivity index (χ4n) is 0.851. The summed E-state index contributed by atoms with van der Waals surface area (Å²) in [6.45, 7) is 2.23. The average Bonchev–Trinajstić information content (AvgIpc) is 1.95. The Balaban J connectivity index is 3.00. The van der Waals surface area contributed by atoms with Crippen molar-refractivity contribution in [1.29, 1.82) is 0 Å². The van der Waals surface area contributed by atoms with Crippen LogP contribution >= 0.6 is 0 Å². The van der Waals surface area contributed by atoms with Crippen LogP contribution < -0.4 is 16.7 Å². The lowest BCUT2D eigenvalue weighted by atomic mass is 10.2. The van der Waals surface area contributed by atoms with Gasteiger partial charge in [0.15, 0.2) is 5.43 Å². The standard InChI is InChI=1S/C7H11N3O/c1-5-2-7(11)6(3-9-5)4-10-8/h2-3,10H,4,8H2,1H3,(H,9,11). The topological polar surface area (TPSA) is 70.9 Å². The summed E-state index contributed by atoms with van der Waals surface area (Å²) >= 11 is 0. The molecular weight excluding hydrogens is 142 g/mol. The van der Waals surface area contributed by atoms with Crippen LogP contribution in [0.5, 0.6) is 0 Å². The third kappa shape index (κ3) is 1.89. The van der Waals surface area contributed by atoms with E-state index in [9.17, 15) is 4.79 Å². The molecule has 0 aromatic carbocycles. The largest absolute Gasteiger partial charge is 0.365 e. The SMILES string of the molecule is Cc1cc(=O)c(CNN)c[nH]1. The minimum Gasteiger partial charge on any atom is -0.365 e. The second kappa shape index (κ2) is 3.32. The van der Waals surface area contributed by atoms with Gasteiger partial charge in [0, 0.05) is 30.1 Å². The zero-order valence-electron chi connectivity index (χ0n) is 6.35. The highest BCUT2D eigenvalue weighted by molar-refractivity contribution is 5.13. The first-order valence-electron chi connectivity index (χ1n) is 3.35. The Hall–Kier alpha value is -1.13. The van der Waals surface area contributed by atoms with Gasteiger partial charge in [-0.3, -0.25) is 16.1 Å². The van der Waals surface area contributed by atoms with E-state index in [1.54, 1.807) is 12.3 Å². The summed E-state index contributed by atoms with van der Waals surface area (Å²) in [5, 5.41) is 0. The Morgan fingerprint density at radius 3 is 3.00 bits per heavy atom. The van der Waals surface area contributed by atoms with Gasteiger partial charge in [-0.2, -0.15) is 0 Å². The number of nitrogens with one attached hydrogen (secondary N) is 2. The minimum atomic E-state index is 0.0131. The number of H-pyrrole nitrogens is 1. The second-order valence-corrected chi connectivity index (χ2v) is 2.39. The number of hydrogen-bond acceptors (Lipinski definition) is 3. The van der Waals surface area contributed by atoms with Gasteiger partial charge in [0.1, 0.15) is 0 Å². The fourth-order valence-corrected chi connectivity index (χ4v) is 0.851. The summed E-state index contributed by atoms with van der Waals surface area (Å²) in [4.78, 5) is 14.0. The third-order valence-electron chi connectivity index (χ3n) is 1.43. The summed E-state index contributed by atoms with van der Waals surface area (Å²) in [6.07, 6.45) is 1.66. The fraction of sp³-hybridized carbons (Fsp3) is 0.286. The summed E-state index contributed by atoms with van der Waals surface area (Å²) in [6, 6.07) is 1.55. The van der Waals surface area contributed by atoms with E-state index < -0.39 is 0 Å². The molecule has 0 spiro atoms. The van der Waals surface area contributed by atoms with E-state index in [0.717, 1.165) is 5.69 Å². The highest BCUT2D eigenvalue weighted by Crippen LogP contribution is 1.89. The van der Waals surface area contributed by atoms with Gasteiger partial charge in [-0.25, -0.2) is 0 Å². The first-order valence-corrected chi connectivity index (χ1v) is 3.35. The van der Waals surface area contributed by atoms with Gasteiger partial charge < -0.3 is 4.98 Å². The van der Waals surface area contributed by atoms with Crippen molar-refractivity contribution in [3.8, 4) is 0 Å². The van der Waals surface area contributed by atoms with Crippen LogP contribution in [0.2, 0.25) is 0 Å². The second-order valence-electron chi connectivity index (χ2n) is 2.39. The van der Waals surface area contributed by atoms with Crippen molar-refractivity contribution < 1.29 is 0 Å². The van der Waals surface area contributed by atoms with E-state index in [1.807, 2.05) is 6.92 Å². The molecule has 4 nitrogen and oxygen atoms in total. The van der Waals surface area contributed by atoms with Crippen LogP contribution in [0.3, 0.4) is 0 Å². The van der Waals surface area contributed by atoms with Crippen LogP contribution in [-0.2, 0) is 6.54 Å². The molecule has 0 aliphatic carbocycles. The molecule has 0 atom stereocenters. The molecule has 0 bridgehead atoms. The van der Waals surface area contributed by atoms with Crippen molar-refractivity contribution in [3.05, 3.63) is 33.7 Å². The molecule has 4 N–H and O–H groups in total. The van der Waals surface area contributed by atoms with Gasteiger partial charge in [0.2, 0.25) is 0 Å². The Bertz CT molecular complexity index is 292. The molecule has 1 aromatic rings. The predicted octanol–water partition coefficient (Wildman–Crippen LogP) is -0.353. The highest BCUT2D eigenvalue weighted by atomic mass is 16.1. The van der Waals surface area contributed by atoms with E-state index in [4.69, 9.17) is 5.84 Å². The molecule has 0 unspecified atom stereocenters. The smallest absolute Gasteiger partial charge is 0.186 e. The summed E-state index contributed by atoms with van der Waals surface area (Å²) in [5.41, 5.74) is 3.95. The number of rotatable bonds is 2. The van der Waals surface area contributed by atoms with Crippen molar-refractivity contribution in [1.82, 2.24) is 10.4 Å². The van der Waals surface area contributed by atoms with E-state index in [-0.39, 0.29) is 5.43 Å². The predicted molar refractivity (Wildman–Crippen MR) is 42.8 cm³/mol. The molecule has 11 heavy (non-hydrogen) atoms. The lowest BCUT2D eigenvalue weighted by molar-refractivity contribution is 0.733. The van der Waals surface area contributed by atoms with Gasteiger partial charge in [-0.1, -0.05) is 0 Å². The van der Waals surface area contributed by atoms with Crippen molar-refractivity contribution in [3.63, 3.8) is 0 Å². The molecular formula is C7H11N3O. The van der Waals surface area contributed by atoms with Crippen molar-refractivity contribution in [2.75, 3.05) is 0 Å². The third-order valence-corrected chi connectivity index (χ3v) is 1.43. The first-order chi connectivity index (χ1) is 5.24. The van der Waals surface area contributed by atoms with Crippen LogP contribution in [-0.4, -0.2) is 4.98 Å². The molecule has 0 fully saturated rings. The Morgan fingerprint density at radius 2 is 2.45 bits per heavy atom. The Morgan fingerprint density at radius 1 is 1.73 bits per heavy atom. The average molecular weight is 153 g/mol. The molecule has 4 heteroatoms. The van der Waals surface area contributed by atoms with Gasteiger partial charge in [-0.15, -0.1) is 0 Å². The highest BCUT2D eigenvalue weighted by Gasteiger charge is 1.96. The van der Waals surface area contributed by atoms with Crippen LogP contribution in [0, 0.1) is 6.92 Å².